The van der Waals surface area contributed by atoms with Crippen molar-refractivity contribution in [2.24, 2.45) is 0 Å². The van der Waals surface area contributed by atoms with E-state index in [0.29, 0.717) is 11.1 Å². The number of rotatable bonds is 2. The number of carbonyl (C=O) groups is 1. The fourth-order valence-electron chi connectivity index (χ4n) is 1.42. The van der Waals surface area contributed by atoms with Gasteiger partial charge < -0.3 is 0 Å². The summed E-state index contributed by atoms with van der Waals surface area (Å²) in [5.74, 6) is 0.0278. The van der Waals surface area contributed by atoms with Gasteiger partial charge in [0.15, 0.2) is 5.78 Å². The van der Waals surface area contributed by atoms with Gasteiger partial charge in [-0.3, -0.25) is 4.79 Å². The number of hydrogen-bond donors (Lipinski definition) is 0. The van der Waals surface area contributed by atoms with Crippen LogP contribution in [0.4, 0.5) is 0 Å². The summed E-state index contributed by atoms with van der Waals surface area (Å²) in [5, 5.41) is 0. The average molecular weight is 340 g/mol. The fourth-order valence-corrected chi connectivity index (χ4v) is 2.65. The van der Waals surface area contributed by atoms with E-state index < -0.39 is 0 Å². The number of hydrogen-bond acceptors (Lipinski definition) is 1. The maximum Gasteiger partial charge on any atom is 0.194 e. The quantitative estimate of drug-likeness (QED) is 0.739. The molecule has 0 aliphatic carbocycles. The SMILES string of the molecule is O=C(c1ccccc1)c1ccc(Br)cc1Br. The molecule has 0 saturated carbocycles. The Bertz CT molecular complexity index is 521. The Kier molecular flexibility index (Phi) is 3.56. The standard InChI is InChI=1S/C13H8Br2O/c14-10-6-7-11(12(15)8-10)13(16)9-4-2-1-3-5-9/h1-8H. The van der Waals surface area contributed by atoms with E-state index in [1.54, 1.807) is 0 Å². The molecule has 0 amide bonds. The van der Waals surface area contributed by atoms with E-state index in [1.165, 1.54) is 0 Å². The number of ketones is 1. The number of benzene rings is 2. The van der Waals surface area contributed by atoms with E-state index in [-0.39, 0.29) is 5.78 Å². The summed E-state index contributed by atoms with van der Waals surface area (Å²) in [6.45, 7) is 0. The summed E-state index contributed by atoms with van der Waals surface area (Å²) in [6, 6.07) is 14.8. The lowest BCUT2D eigenvalue weighted by Crippen LogP contribution is -2.01. The number of halogens is 2. The largest absolute Gasteiger partial charge is 0.289 e. The lowest BCUT2D eigenvalue weighted by Gasteiger charge is -2.04. The molecule has 2 rings (SSSR count). The molecular formula is C13H8Br2O. The summed E-state index contributed by atoms with van der Waals surface area (Å²) < 4.78 is 1.75. The molecule has 0 heterocycles. The minimum absolute atomic E-state index is 0.0278. The van der Waals surface area contributed by atoms with Crippen molar-refractivity contribution in [3.8, 4) is 0 Å². The lowest BCUT2D eigenvalue weighted by molar-refractivity contribution is 0.103. The van der Waals surface area contributed by atoms with Crippen LogP contribution in [0.15, 0.2) is 57.5 Å². The van der Waals surface area contributed by atoms with Gasteiger partial charge in [0.05, 0.1) is 0 Å². The molecule has 0 fully saturated rings. The second-order valence-corrected chi connectivity index (χ2v) is 5.09. The Morgan fingerprint density at radius 2 is 1.62 bits per heavy atom. The topological polar surface area (TPSA) is 17.1 Å². The maximum absolute atomic E-state index is 12.1. The van der Waals surface area contributed by atoms with Crippen LogP contribution in [0.3, 0.4) is 0 Å². The Morgan fingerprint density at radius 1 is 0.938 bits per heavy atom. The van der Waals surface area contributed by atoms with Gasteiger partial charge in [-0.15, -0.1) is 0 Å². The Balaban J connectivity index is 2.42. The summed E-state index contributed by atoms with van der Waals surface area (Å²) in [7, 11) is 0. The minimum atomic E-state index is 0.0278. The van der Waals surface area contributed by atoms with Gasteiger partial charge in [-0.05, 0) is 34.1 Å². The third-order valence-corrected chi connectivity index (χ3v) is 3.36. The van der Waals surface area contributed by atoms with Crippen molar-refractivity contribution >= 4 is 37.6 Å². The van der Waals surface area contributed by atoms with Crippen molar-refractivity contribution in [1.29, 1.82) is 0 Å². The third kappa shape index (κ3) is 2.42. The van der Waals surface area contributed by atoms with Crippen LogP contribution in [-0.2, 0) is 0 Å². The zero-order valence-electron chi connectivity index (χ0n) is 8.28. The first-order valence-electron chi connectivity index (χ1n) is 4.73. The first kappa shape index (κ1) is 11.6. The molecule has 0 aromatic heterocycles. The lowest BCUT2D eigenvalue weighted by atomic mass is 10.0. The van der Waals surface area contributed by atoms with Crippen molar-refractivity contribution in [2.75, 3.05) is 0 Å². The summed E-state index contributed by atoms with van der Waals surface area (Å²) in [4.78, 5) is 12.1. The summed E-state index contributed by atoms with van der Waals surface area (Å²) in [5.41, 5.74) is 1.37. The van der Waals surface area contributed by atoms with Crippen molar-refractivity contribution in [3.63, 3.8) is 0 Å². The van der Waals surface area contributed by atoms with E-state index >= 15 is 0 Å². The van der Waals surface area contributed by atoms with Crippen molar-refractivity contribution in [2.45, 2.75) is 0 Å². The molecule has 0 bridgehead atoms. The predicted octanol–water partition coefficient (Wildman–Crippen LogP) is 4.44. The summed E-state index contributed by atoms with van der Waals surface area (Å²) in [6.07, 6.45) is 0. The molecule has 0 spiro atoms. The minimum Gasteiger partial charge on any atom is -0.289 e. The molecule has 0 N–H and O–H groups in total. The zero-order valence-corrected chi connectivity index (χ0v) is 11.5. The van der Waals surface area contributed by atoms with Crippen LogP contribution in [-0.4, -0.2) is 5.78 Å². The second-order valence-electron chi connectivity index (χ2n) is 3.32. The Labute approximate surface area is 111 Å². The van der Waals surface area contributed by atoms with E-state index in [0.717, 1.165) is 8.95 Å². The van der Waals surface area contributed by atoms with Gasteiger partial charge in [-0.25, -0.2) is 0 Å². The molecule has 16 heavy (non-hydrogen) atoms. The first-order valence-corrected chi connectivity index (χ1v) is 6.32. The van der Waals surface area contributed by atoms with Gasteiger partial charge in [0, 0.05) is 20.1 Å². The van der Waals surface area contributed by atoms with Crippen molar-refractivity contribution in [1.82, 2.24) is 0 Å². The molecule has 0 saturated heterocycles. The van der Waals surface area contributed by atoms with Gasteiger partial charge in [0.1, 0.15) is 0 Å². The molecule has 1 nitrogen and oxygen atoms in total. The van der Waals surface area contributed by atoms with Gasteiger partial charge in [-0.1, -0.05) is 46.3 Å². The molecular weight excluding hydrogens is 332 g/mol. The highest BCUT2D eigenvalue weighted by Crippen LogP contribution is 2.24. The van der Waals surface area contributed by atoms with E-state index in [2.05, 4.69) is 31.9 Å². The van der Waals surface area contributed by atoms with Crippen LogP contribution >= 0.6 is 31.9 Å². The van der Waals surface area contributed by atoms with Crippen LogP contribution in [0.25, 0.3) is 0 Å². The molecule has 3 heteroatoms. The summed E-state index contributed by atoms with van der Waals surface area (Å²) >= 11 is 6.75. The highest BCUT2D eigenvalue weighted by molar-refractivity contribution is 9.11. The Morgan fingerprint density at radius 3 is 2.25 bits per heavy atom. The first-order chi connectivity index (χ1) is 7.68. The molecule has 0 aliphatic heterocycles. The smallest absolute Gasteiger partial charge is 0.194 e. The van der Waals surface area contributed by atoms with Crippen molar-refractivity contribution in [3.05, 3.63) is 68.6 Å². The average Bonchev–Trinajstić information content (AvgIpc) is 2.29. The molecule has 0 aliphatic rings. The maximum atomic E-state index is 12.1. The highest BCUT2D eigenvalue weighted by Gasteiger charge is 2.11. The van der Waals surface area contributed by atoms with Crippen molar-refractivity contribution < 1.29 is 4.79 Å². The van der Waals surface area contributed by atoms with Crippen LogP contribution in [0.1, 0.15) is 15.9 Å². The van der Waals surface area contributed by atoms with Crippen LogP contribution in [0, 0.1) is 0 Å². The Hall–Kier alpha value is -0.930. The molecule has 2 aromatic rings. The molecule has 2 aromatic carbocycles. The fraction of sp³-hybridized carbons (Fsp3) is 0. The number of carbonyl (C=O) groups excluding carboxylic acids is 1. The van der Waals surface area contributed by atoms with Gasteiger partial charge in [0.25, 0.3) is 0 Å². The van der Waals surface area contributed by atoms with E-state index in [1.807, 2.05) is 48.5 Å². The second kappa shape index (κ2) is 4.93. The molecule has 0 atom stereocenters. The van der Waals surface area contributed by atoms with Crippen LogP contribution in [0.2, 0.25) is 0 Å². The normalized spacial score (nSPS) is 10.1. The zero-order chi connectivity index (χ0) is 11.5. The van der Waals surface area contributed by atoms with Crippen LogP contribution < -0.4 is 0 Å². The molecule has 80 valence electrons. The molecule has 0 radical (unpaired) electrons. The van der Waals surface area contributed by atoms with E-state index in [4.69, 9.17) is 0 Å². The predicted molar refractivity (Wildman–Crippen MR) is 71.7 cm³/mol. The highest BCUT2D eigenvalue weighted by atomic mass is 79.9. The van der Waals surface area contributed by atoms with Gasteiger partial charge >= 0.3 is 0 Å². The van der Waals surface area contributed by atoms with Gasteiger partial charge in [-0.2, -0.15) is 0 Å². The third-order valence-electron chi connectivity index (χ3n) is 2.21. The van der Waals surface area contributed by atoms with Gasteiger partial charge in [0.2, 0.25) is 0 Å². The van der Waals surface area contributed by atoms with E-state index in [9.17, 15) is 4.79 Å². The monoisotopic (exact) mass is 338 g/mol. The molecule has 0 unspecified atom stereocenters. The van der Waals surface area contributed by atoms with Crippen LogP contribution in [0.5, 0.6) is 0 Å².